The van der Waals surface area contributed by atoms with Crippen LogP contribution in [0.25, 0.3) is 32.9 Å². The fraction of sp³-hybridized carbons (Fsp3) is 0.0625. The summed E-state index contributed by atoms with van der Waals surface area (Å²) >= 11 is 0. The lowest BCUT2D eigenvalue weighted by Gasteiger charge is -2.03. The highest BCUT2D eigenvalue weighted by atomic mass is 16.1. The van der Waals surface area contributed by atoms with Crippen molar-refractivity contribution in [3.63, 3.8) is 0 Å². The summed E-state index contributed by atoms with van der Waals surface area (Å²) in [6.45, 7) is 0. The SMILES string of the molecule is Cn1cc(-c2ccc3cnc4[nH]cc(C=O)c4c3c2)cn1. The van der Waals surface area contributed by atoms with E-state index in [9.17, 15) is 4.79 Å². The number of nitrogens with zero attached hydrogens (tertiary/aromatic N) is 3. The molecular weight excluding hydrogens is 264 g/mol. The number of benzene rings is 1. The molecule has 0 saturated carbocycles. The second kappa shape index (κ2) is 4.28. The van der Waals surface area contributed by atoms with E-state index in [0.717, 1.165) is 39.2 Å². The van der Waals surface area contributed by atoms with Crippen LogP contribution in [0.3, 0.4) is 0 Å². The Labute approximate surface area is 120 Å². The van der Waals surface area contributed by atoms with E-state index in [0.29, 0.717) is 5.56 Å². The molecule has 0 fully saturated rings. The van der Waals surface area contributed by atoms with Gasteiger partial charge in [0, 0.05) is 47.5 Å². The molecule has 0 saturated heterocycles. The molecule has 1 N–H and O–H groups in total. The summed E-state index contributed by atoms with van der Waals surface area (Å²) in [5.41, 5.74) is 3.48. The first-order valence-corrected chi connectivity index (χ1v) is 6.60. The Bertz CT molecular complexity index is 980. The lowest BCUT2D eigenvalue weighted by atomic mass is 10.0. The van der Waals surface area contributed by atoms with E-state index in [4.69, 9.17) is 0 Å². The normalized spacial score (nSPS) is 11.3. The van der Waals surface area contributed by atoms with E-state index < -0.39 is 0 Å². The zero-order valence-corrected chi connectivity index (χ0v) is 11.4. The van der Waals surface area contributed by atoms with Crippen molar-refractivity contribution in [3.8, 4) is 11.1 Å². The van der Waals surface area contributed by atoms with Crippen LogP contribution in [0.2, 0.25) is 0 Å². The number of carbonyl (C=O) groups is 1. The number of H-pyrrole nitrogens is 1. The second-order valence-electron chi connectivity index (χ2n) is 5.05. The van der Waals surface area contributed by atoms with Crippen LogP contribution in [0.1, 0.15) is 10.4 Å². The number of pyridine rings is 1. The number of aromatic nitrogens is 4. The number of aldehydes is 1. The minimum atomic E-state index is 0.631. The lowest BCUT2D eigenvalue weighted by Crippen LogP contribution is -1.85. The van der Waals surface area contributed by atoms with Crippen LogP contribution in [-0.2, 0) is 7.05 Å². The zero-order chi connectivity index (χ0) is 14.4. The topological polar surface area (TPSA) is 63.6 Å². The summed E-state index contributed by atoms with van der Waals surface area (Å²) in [6, 6.07) is 6.14. The summed E-state index contributed by atoms with van der Waals surface area (Å²) in [5, 5.41) is 7.10. The molecule has 0 spiro atoms. The van der Waals surface area contributed by atoms with Crippen molar-refractivity contribution in [2.24, 2.45) is 7.05 Å². The first kappa shape index (κ1) is 11.8. The highest BCUT2D eigenvalue weighted by Crippen LogP contribution is 2.29. The van der Waals surface area contributed by atoms with Gasteiger partial charge in [0.15, 0.2) is 6.29 Å². The van der Waals surface area contributed by atoms with E-state index in [2.05, 4.69) is 21.1 Å². The van der Waals surface area contributed by atoms with Gasteiger partial charge in [-0.3, -0.25) is 9.48 Å². The number of fused-ring (bicyclic) bond motifs is 3. The van der Waals surface area contributed by atoms with Crippen LogP contribution >= 0.6 is 0 Å². The van der Waals surface area contributed by atoms with E-state index in [1.165, 1.54) is 0 Å². The summed E-state index contributed by atoms with van der Waals surface area (Å²) in [4.78, 5) is 18.6. The van der Waals surface area contributed by atoms with E-state index >= 15 is 0 Å². The zero-order valence-electron chi connectivity index (χ0n) is 11.4. The van der Waals surface area contributed by atoms with Gasteiger partial charge < -0.3 is 4.98 Å². The molecule has 0 aliphatic heterocycles. The highest BCUT2D eigenvalue weighted by Gasteiger charge is 2.10. The maximum atomic E-state index is 11.2. The third-order valence-electron chi connectivity index (χ3n) is 3.71. The molecule has 0 amide bonds. The molecule has 0 aliphatic carbocycles. The Kier molecular flexibility index (Phi) is 2.41. The predicted octanol–water partition coefficient (Wildman–Crippen LogP) is 2.93. The molecule has 5 nitrogen and oxygen atoms in total. The number of hydrogen-bond acceptors (Lipinski definition) is 3. The van der Waals surface area contributed by atoms with Crippen molar-refractivity contribution in [2.45, 2.75) is 0 Å². The van der Waals surface area contributed by atoms with Gasteiger partial charge in [0.1, 0.15) is 5.65 Å². The van der Waals surface area contributed by atoms with Crippen LogP contribution in [-0.4, -0.2) is 26.0 Å². The molecule has 102 valence electrons. The predicted molar refractivity (Wildman–Crippen MR) is 81.2 cm³/mol. The second-order valence-corrected chi connectivity index (χ2v) is 5.05. The van der Waals surface area contributed by atoms with E-state index in [-0.39, 0.29) is 0 Å². The summed E-state index contributed by atoms with van der Waals surface area (Å²) in [7, 11) is 1.89. The maximum Gasteiger partial charge on any atom is 0.152 e. The molecule has 4 rings (SSSR count). The van der Waals surface area contributed by atoms with E-state index in [1.807, 2.05) is 37.8 Å². The smallest absolute Gasteiger partial charge is 0.152 e. The summed E-state index contributed by atoms with van der Waals surface area (Å²) < 4.78 is 1.77. The van der Waals surface area contributed by atoms with E-state index in [1.54, 1.807) is 10.9 Å². The van der Waals surface area contributed by atoms with Crippen molar-refractivity contribution in [2.75, 3.05) is 0 Å². The molecule has 0 bridgehead atoms. The molecule has 0 radical (unpaired) electrons. The number of rotatable bonds is 2. The standard InChI is InChI=1S/C16H12N4O/c1-20-8-12(7-19-20)10-2-3-11-5-17-16-15(14(11)4-10)13(9-21)6-18-16/h2-9H,1H3,(H,17,18). The minimum Gasteiger partial charge on any atom is -0.345 e. The van der Waals surface area contributed by atoms with Crippen molar-refractivity contribution >= 4 is 28.1 Å². The van der Waals surface area contributed by atoms with Crippen LogP contribution < -0.4 is 0 Å². The fourth-order valence-corrected chi connectivity index (χ4v) is 2.67. The molecule has 21 heavy (non-hydrogen) atoms. The van der Waals surface area contributed by atoms with Crippen LogP contribution in [0, 0.1) is 0 Å². The molecule has 0 atom stereocenters. The summed E-state index contributed by atoms with van der Waals surface area (Å²) in [5.74, 6) is 0. The quantitative estimate of drug-likeness (QED) is 0.572. The van der Waals surface area contributed by atoms with Crippen LogP contribution in [0.15, 0.2) is 43.0 Å². The third-order valence-corrected chi connectivity index (χ3v) is 3.71. The Morgan fingerprint density at radius 3 is 2.90 bits per heavy atom. The maximum absolute atomic E-state index is 11.2. The monoisotopic (exact) mass is 276 g/mol. The summed E-state index contributed by atoms with van der Waals surface area (Å²) in [6.07, 6.45) is 8.17. The molecule has 3 aromatic heterocycles. The van der Waals surface area contributed by atoms with Crippen LogP contribution in [0.4, 0.5) is 0 Å². The molecular formula is C16H12N4O. The first-order valence-electron chi connectivity index (χ1n) is 6.60. The number of hydrogen-bond donors (Lipinski definition) is 1. The number of carbonyl (C=O) groups excluding carboxylic acids is 1. The van der Waals surface area contributed by atoms with Gasteiger partial charge in [-0.1, -0.05) is 12.1 Å². The molecule has 3 heterocycles. The van der Waals surface area contributed by atoms with Crippen molar-refractivity contribution in [1.29, 1.82) is 0 Å². The largest absolute Gasteiger partial charge is 0.345 e. The Morgan fingerprint density at radius 2 is 2.14 bits per heavy atom. The number of aromatic amines is 1. The molecule has 5 heteroatoms. The minimum absolute atomic E-state index is 0.631. The van der Waals surface area contributed by atoms with Crippen LogP contribution in [0.5, 0.6) is 0 Å². The molecule has 0 unspecified atom stereocenters. The Hall–Kier alpha value is -2.95. The fourth-order valence-electron chi connectivity index (χ4n) is 2.67. The number of aryl methyl sites for hydroxylation is 1. The molecule has 0 aliphatic rings. The van der Waals surface area contributed by atoms with Gasteiger partial charge >= 0.3 is 0 Å². The van der Waals surface area contributed by atoms with Gasteiger partial charge in [-0.25, -0.2) is 4.98 Å². The first-order chi connectivity index (χ1) is 10.3. The Balaban J connectivity index is 2.07. The van der Waals surface area contributed by atoms with Gasteiger partial charge in [-0.05, 0) is 17.0 Å². The highest BCUT2D eigenvalue weighted by molar-refractivity contribution is 6.12. The average Bonchev–Trinajstić information content (AvgIpc) is 3.12. The third kappa shape index (κ3) is 1.74. The Morgan fingerprint density at radius 1 is 1.24 bits per heavy atom. The van der Waals surface area contributed by atoms with Gasteiger partial charge in [0.25, 0.3) is 0 Å². The number of nitrogens with one attached hydrogen (secondary N) is 1. The van der Waals surface area contributed by atoms with Crippen molar-refractivity contribution in [3.05, 3.63) is 48.5 Å². The van der Waals surface area contributed by atoms with Crippen molar-refractivity contribution < 1.29 is 4.79 Å². The molecule has 1 aromatic carbocycles. The average molecular weight is 276 g/mol. The lowest BCUT2D eigenvalue weighted by molar-refractivity contribution is 0.112. The van der Waals surface area contributed by atoms with Gasteiger partial charge in [-0.2, -0.15) is 5.10 Å². The van der Waals surface area contributed by atoms with Gasteiger partial charge in [-0.15, -0.1) is 0 Å². The van der Waals surface area contributed by atoms with Gasteiger partial charge in [0.2, 0.25) is 0 Å². The molecule has 4 aromatic rings. The van der Waals surface area contributed by atoms with Crippen molar-refractivity contribution in [1.82, 2.24) is 19.7 Å². The van der Waals surface area contributed by atoms with Gasteiger partial charge in [0.05, 0.1) is 6.20 Å².